The van der Waals surface area contributed by atoms with E-state index >= 15 is 0 Å². The predicted molar refractivity (Wildman–Crippen MR) is 40.3 cm³/mol. The van der Waals surface area contributed by atoms with Gasteiger partial charge in [0.25, 0.3) is 0 Å². The summed E-state index contributed by atoms with van der Waals surface area (Å²) in [7, 11) is 0. The molecule has 0 saturated carbocycles. The number of carboxylic acids is 1. The molecule has 0 amide bonds. The van der Waals surface area contributed by atoms with Gasteiger partial charge in [0.1, 0.15) is 0 Å². The standard InChI is InChI=1S/C6H12O2.Ca.2H/c1-2-3-4-5-6(7)8;;;/h2-5H2,1H3,(H,7,8);;;. The molecule has 3 heteroatoms. The third-order valence-corrected chi connectivity index (χ3v) is 0.994. The molecule has 0 unspecified atom stereocenters. The first kappa shape index (κ1) is 12.4. The Labute approximate surface area is 85.6 Å². The van der Waals surface area contributed by atoms with Gasteiger partial charge in [-0.1, -0.05) is 19.8 Å². The Bertz CT molecular complexity index is 73.5. The number of carbonyl (C=O) groups is 1. The average Bonchev–Trinajstić information content (AvgIpc) is 1.66. The van der Waals surface area contributed by atoms with E-state index in [0.717, 1.165) is 19.3 Å². The van der Waals surface area contributed by atoms with Crippen LogP contribution in [0.3, 0.4) is 0 Å². The van der Waals surface area contributed by atoms with Crippen LogP contribution in [0.1, 0.15) is 32.6 Å². The fraction of sp³-hybridized carbons (Fsp3) is 0.833. The number of hydrogen-bond acceptors (Lipinski definition) is 1. The van der Waals surface area contributed by atoms with Crippen molar-refractivity contribution < 1.29 is 9.90 Å². The van der Waals surface area contributed by atoms with E-state index in [-0.39, 0.29) is 37.7 Å². The minimum atomic E-state index is -0.682. The summed E-state index contributed by atoms with van der Waals surface area (Å²) in [5.74, 6) is -0.682. The van der Waals surface area contributed by atoms with Crippen molar-refractivity contribution in [3.05, 3.63) is 0 Å². The van der Waals surface area contributed by atoms with Gasteiger partial charge in [-0.15, -0.1) is 0 Å². The van der Waals surface area contributed by atoms with E-state index in [2.05, 4.69) is 6.92 Å². The summed E-state index contributed by atoms with van der Waals surface area (Å²) in [6.07, 6.45) is 3.28. The summed E-state index contributed by atoms with van der Waals surface area (Å²) in [5.41, 5.74) is 0. The number of carboxylic acid groups (broad SMARTS) is 1. The molecule has 0 bridgehead atoms. The van der Waals surface area contributed by atoms with E-state index < -0.39 is 5.97 Å². The Morgan fingerprint density at radius 2 is 2.00 bits per heavy atom. The third-order valence-electron chi connectivity index (χ3n) is 0.994. The molecule has 0 fully saturated rings. The Kier molecular flexibility index (Phi) is 12.0. The maximum absolute atomic E-state index is 9.87. The van der Waals surface area contributed by atoms with E-state index in [0.29, 0.717) is 6.42 Å². The summed E-state index contributed by atoms with van der Waals surface area (Å²) < 4.78 is 0. The molecule has 0 spiro atoms. The second-order valence-electron chi connectivity index (χ2n) is 1.85. The molecule has 0 aromatic rings. The Hall–Kier alpha value is 0.730. The molecule has 0 aliphatic heterocycles. The molecule has 52 valence electrons. The van der Waals surface area contributed by atoms with E-state index in [1.54, 1.807) is 0 Å². The summed E-state index contributed by atoms with van der Waals surface area (Å²) in [6.45, 7) is 2.06. The molecule has 9 heavy (non-hydrogen) atoms. The van der Waals surface area contributed by atoms with E-state index in [1.165, 1.54) is 0 Å². The normalized spacial score (nSPS) is 8.11. The molecule has 0 aromatic carbocycles. The van der Waals surface area contributed by atoms with Crippen LogP contribution in [0, 0.1) is 0 Å². The van der Waals surface area contributed by atoms with Crippen molar-refractivity contribution in [2.45, 2.75) is 32.6 Å². The molecule has 0 aliphatic rings. The van der Waals surface area contributed by atoms with Gasteiger partial charge in [0.05, 0.1) is 0 Å². The van der Waals surface area contributed by atoms with Crippen LogP contribution in [0.2, 0.25) is 0 Å². The van der Waals surface area contributed by atoms with Crippen molar-refractivity contribution in [3.8, 4) is 0 Å². The molecule has 0 radical (unpaired) electrons. The molecule has 0 saturated heterocycles. The van der Waals surface area contributed by atoms with Gasteiger partial charge in [-0.3, -0.25) is 4.79 Å². The number of unbranched alkanes of at least 4 members (excludes halogenated alkanes) is 2. The minimum absolute atomic E-state index is 0. The van der Waals surface area contributed by atoms with Gasteiger partial charge >= 0.3 is 43.7 Å². The summed E-state index contributed by atoms with van der Waals surface area (Å²) in [6, 6.07) is 0. The van der Waals surface area contributed by atoms with E-state index in [4.69, 9.17) is 5.11 Å². The van der Waals surface area contributed by atoms with Gasteiger partial charge in [-0.25, -0.2) is 0 Å². The Balaban J connectivity index is 0. The molecular formula is C6H14CaO2. The van der Waals surface area contributed by atoms with Crippen LogP contribution < -0.4 is 0 Å². The first-order valence-electron chi connectivity index (χ1n) is 2.99. The van der Waals surface area contributed by atoms with Crippen LogP contribution in [0.25, 0.3) is 0 Å². The molecule has 0 aliphatic carbocycles. The second-order valence-corrected chi connectivity index (χ2v) is 1.85. The van der Waals surface area contributed by atoms with Gasteiger partial charge in [0.15, 0.2) is 0 Å². The van der Waals surface area contributed by atoms with Crippen LogP contribution in [-0.2, 0) is 4.79 Å². The molecule has 0 rings (SSSR count). The van der Waals surface area contributed by atoms with Gasteiger partial charge in [0.2, 0.25) is 0 Å². The number of aliphatic carboxylic acids is 1. The Morgan fingerprint density at radius 1 is 1.44 bits per heavy atom. The van der Waals surface area contributed by atoms with Crippen molar-refractivity contribution in [1.82, 2.24) is 0 Å². The SMILES string of the molecule is CCCCCC(=O)O.[CaH2]. The topological polar surface area (TPSA) is 37.3 Å². The zero-order valence-corrected chi connectivity index (χ0v) is 5.18. The first-order chi connectivity index (χ1) is 3.77. The van der Waals surface area contributed by atoms with Crippen molar-refractivity contribution in [2.24, 2.45) is 0 Å². The first-order valence-corrected chi connectivity index (χ1v) is 2.99. The van der Waals surface area contributed by atoms with Crippen molar-refractivity contribution in [2.75, 3.05) is 0 Å². The maximum atomic E-state index is 9.87. The summed E-state index contributed by atoms with van der Waals surface area (Å²) in [5, 5.41) is 8.14. The Morgan fingerprint density at radius 3 is 2.33 bits per heavy atom. The van der Waals surface area contributed by atoms with E-state index in [1.807, 2.05) is 0 Å². The van der Waals surface area contributed by atoms with Crippen LogP contribution >= 0.6 is 0 Å². The van der Waals surface area contributed by atoms with Crippen molar-refractivity contribution in [3.63, 3.8) is 0 Å². The number of hydrogen-bond donors (Lipinski definition) is 1. The van der Waals surface area contributed by atoms with Crippen molar-refractivity contribution >= 4 is 43.7 Å². The quantitative estimate of drug-likeness (QED) is 0.484. The summed E-state index contributed by atoms with van der Waals surface area (Å²) >= 11 is 0. The van der Waals surface area contributed by atoms with Crippen LogP contribution in [0.15, 0.2) is 0 Å². The van der Waals surface area contributed by atoms with Gasteiger partial charge in [-0.2, -0.15) is 0 Å². The molecule has 0 heterocycles. The van der Waals surface area contributed by atoms with E-state index in [9.17, 15) is 4.79 Å². The number of rotatable bonds is 4. The second kappa shape index (κ2) is 8.73. The fourth-order valence-corrected chi connectivity index (χ4v) is 0.526. The molecular weight excluding hydrogens is 144 g/mol. The molecule has 0 atom stereocenters. The average molecular weight is 158 g/mol. The summed E-state index contributed by atoms with van der Waals surface area (Å²) in [4.78, 5) is 9.87. The molecule has 1 N–H and O–H groups in total. The van der Waals surface area contributed by atoms with Crippen molar-refractivity contribution in [1.29, 1.82) is 0 Å². The van der Waals surface area contributed by atoms with Crippen LogP contribution in [-0.4, -0.2) is 48.8 Å². The van der Waals surface area contributed by atoms with Gasteiger partial charge < -0.3 is 5.11 Å². The zero-order chi connectivity index (χ0) is 6.41. The van der Waals surface area contributed by atoms with Gasteiger partial charge in [0, 0.05) is 6.42 Å². The fourth-order valence-electron chi connectivity index (χ4n) is 0.526. The monoisotopic (exact) mass is 158 g/mol. The van der Waals surface area contributed by atoms with Gasteiger partial charge in [-0.05, 0) is 6.42 Å². The molecule has 2 nitrogen and oxygen atoms in total. The van der Waals surface area contributed by atoms with Crippen LogP contribution in [0.4, 0.5) is 0 Å². The predicted octanol–water partition coefficient (Wildman–Crippen LogP) is 0.735. The molecule has 0 aromatic heterocycles. The third kappa shape index (κ3) is 12.0. The zero-order valence-electron chi connectivity index (χ0n) is 5.18. The van der Waals surface area contributed by atoms with Crippen LogP contribution in [0.5, 0.6) is 0 Å².